The second-order valence-electron chi connectivity index (χ2n) is 3.68. The van der Waals surface area contributed by atoms with E-state index in [2.05, 4.69) is 0 Å². The van der Waals surface area contributed by atoms with Crippen molar-refractivity contribution in [3.63, 3.8) is 0 Å². The van der Waals surface area contributed by atoms with E-state index >= 15 is 0 Å². The quantitative estimate of drug-likeness (QED) is 0.608. The van der Waals surface area contributed by atoms with Crippen molar-refractivity contribution in [3.8, 4) is 0 Å². The Balaban J connectivity index is 1.98. The predicted octanol–water partition coefficient (Wildman–Crippen LogP) is 4.45. The van der Waals surface area contributed by atoms with Crippen molar-refractivity contribution in [2.75, 3.05) is 5.75 Å². The molecule has 0 N–H and O–H groups in total. The maximum Gasteiger partial charge on any atom is 0.173 e. The Morgan fingerprint density at radius 3 is 2.56 bits per heavy atom. The molecule has 0 fully saturated rings. The molecule has 0 aromatic heterocycles. The molecule has 2 rings (SSSR count). The van der Waals surface area contributed by atoms with Gasteiger partial charge in [-0.1, -0.05) is 23.7 Å². The van der Waals surface area contributed by atoms with E-state index in [0.29, 0.717) is 10.6 Å². The summed E-state index contributed by atoms with van der Waals surface area (Å²) in [5.74, 6) is -0.197. The lowest BCUT2D eigenvalue weighted by atomic mass is 10.1. The van der Waals surface area contributed by atoms with E-state index in [1.54, 1.807) is 18.2 Å². The molecule has 18 heavy (non-hydrogen) atoms. The summed E-state index contributed by atoms with van der Waals surface area (Å²) in [6.45, 7) is 0. The van der Waals surface area contributed by atoms with Gasteiger partial charge in [-0.05, 0) is 36.4 Å². The van der Waals surface area contributed by atoms with E-state index in [-0.39, 0.29) is 11.5 Å². The van der Waals surface area contributed by atoms with Crippen LogP contribution in [-0.2, 0) is 0 Å². The Labute approximate surface area is 114 Å². The van der Waals surface area contributed by atoms with Gasteiger partial charge in [-0.3, -0.25) is 4.79 Å². The normalized spacial score (nSPS) is 10.3. The highest BCUT2D eigenvalue weighted by atomic mass is 35.5. The number of carbonyl (C=O) groups excluding carboxylic acids is 1. The molecule has 92 valence electrons. The van der Waals surface area contributed by atoms with E-state index in [9.17, 15) is 9.18 Å². The SMILES string of the molecule is O=C(CSc1ccc(Cl)cc1)c1cccc(F)c1. The Bertz CT molecular complexity index is 554. The summed E-state index contributed by atoms with van der Waals surface area (Å²) in [4.78, 5) is 12.8. The maximum atomic E-state index is 13.0. The van der Waals surface area contributed by atoms with Crippen LogP contribution in [0.2, 0.25) is 5.02 Å². The second kappa shape index (κ2) is 6.03. The van der Waals surface area contributed by atoms with Gasteiger partial charge < -0.3 is 0 Å². The van der Waals surface area contributed by atoms with E-state index in [1.165, 1.54) is 30.0 Å². The molecule has 0 bridgehead atoms. The highest BCUT2D eigenvalue weighted by Crippen LogP contribution is 2.21. The molecular formula is C14H10ClFOS. The molecule has 0 spiro atoms. The van der Waals surface area contributed by atoms with Crippen molar-refractivity contribution >= 4 is 29.1 Å². The first kappa shape index (κ1) is 13.1. The van der Waals surface area contributed by atoms with Crippen LogP contribution in [0.3, 0.4) is 0 Å². The number of halogens is 2. The van der Waals surface area contributed by atoms with Gasteiger partial charge in [0.05, 0.1) is 5.75 Å². The molecule has 0 saturated heterocycles. The second-order valence-corrected chi connectivity index (χ2v) is 5.16. The van der Waals surface area contributed by atoms with Gasteiger partial charge in [0.2, 0.25) is 0 Å². The zero-order chi connectivity index (χ0) is 13.0. The smallest absolute Gasteiger partial charge is 0.173 e. The van der Waals surface area contributed by atoms with Crippen LogP contribution in [0.25, 0.3) is 0 Å². The first-order valence-electron chi connectivity index (χ1n) is 5.32. The molecule has 0 aliphatic rings. The van der Waals surface area contributed by atoms with Crippen LogP contribution in [0.5, 0.6) is 0 Å². The van der Waals surface area contributed by atoms with Crippen molar-refractivity contribution in [1.29, 1.82) is 0 Å². The van der Waals surface area contributed by atoms with E-state index in [0.717, 1.165) is 4.90 Å². The Morgan fingerprint density at radius 1 is 1.17 bits per heavy atom. The molecule has 0 atom stereocenters. The van der Waals surface area contributed by atoms with Crippen molar-refractivity contribution in [3.05, 3.63) is 64.9 Å². The fraction of sp³-hybridized carbons (Fsp3) is 0.0714. The molecule has 0 aliphatic carbocycles. The van der Waals surface area contributed by atoms with Crippen LogP contribution in [0.4, 0.5) is 4.39 Å². The van der Waals surface area contributed by atoms with Crippen LogP contribution >= 0.6 is 23.4 Å². The summed E-state index contributed by atoms with van der Waals surface area (Å²) < 4.78 is 13.0. The third-order valence-corrected chi connectivity index (χ3v) is 3.59. The van der Waals surface area contributed by atoms with Gasteiger partial charge in [-0.15, -0.1) is 11.8 Å². The number of benzene rings is 2. The van der Waals surface area contributed by atoms with Gasteiger partial charge in [0.25, 0.3) is 0 Å². The van der Waals surface area contributed by atoms with Crippen molar-refractivity contribution in [1.82, 2.24) is 0 Å². The Morgan fingerprint density at radius 2 is 1.89 bits per heavy atom. The number of thioether (sulfide) groups is 1. The van der Waals surface area contributed by atoms with Gasteiger partial charge in [0.15, 0.2) is 5.78 Å². The molecule has 0 heterocycles. The van der Waals surface area contributed by atoms with Crippen LogP contribution in [-0.4, -0.2) is 11.5 Å². The molecule has 1 nitrogen and oxygen atoms in total. The minimum absolute atomic E-state index is 0.0885. The topological polar surface area (TPSA) is 17.1 Å². The first-order chi connectivity index (χ1) is 8.65. The van der Waals surface area contributed by atoms with E-state index in [4.69, 9.17) is 11.6 Å². The molecule has 0 aliphatic heterocycles. The summed E-state index contributed by atoms with van der Waals surface area (Å²) in [7, 11) is 0. The summed E-state index contributed by atoms with van der Waals surface area (Å²) in [5, 5.41) is 0.663. The predicted molar refractivity (Wildman–Crippen MR) is 72.9 cm³/mol. The molecule has 4 heteroatoms. The molecule has 0 saturated carbocycles. The number of Topliss-reactive ketones (excluding diaryl/α,β-unsaturated/α-hetero) is 1. The lowest BCUT2D eigenvalue weighted by Gasteiger charge is -2.02. The van der Waals surface area contributed by atoms with Crippen LogP contribution < -0.4 is 0 Å². The number of hydrogen-bond acceptors (Lipinski definition) is 2. The molecule has 2 aromatic rings. The van der Waals surface area contributed by atoms with Gasteiger partial charge in [0, 0.05) is 15.5 Å². The summed E-state index contributed by atoms with van der Waals surface area (Å²) in [6.07, 6.45) is 0. The molecule has 2 aromatic carbocycles. The Kier molecular flexibility index (Phi) is 4.39. The first-order valence-corrected chi connectivity index (χ1v) is 6.68. The standard InChI is InChI=1S/C14H10ClFOS/c15-11-4-6-13(7-5-11)18-9-14(17)10-2-1-3-12(16)8-10/h1-8H,9H2. The van der Waals surface area contributed by atoms with Crippen LogP contribution in [0, 0.1) is 5.82 Å². The van der Waals surface area contributed by atoms with Crippen molar-refractivity contribution in [2.24, 2.45) is 0 Å². The fourth-order valence-corrected chi connectivity index (χ4v) is 2.34. The minimum atomic E-state index is -0.391. The lowest BCUT2D eigenvalue weighted by Crippen LogP contribution is -2.02. The number of rotatable bonds is 4. The summed E-state index contributed by atoms with van der Waals surface area (Å²) >= 11 is 7.18. The molecule has 0 amide bonds. The third kappa shape index (κ3) is 3.59. The lowest BCUT2D eigenvalue weighted by molar-refractivity contribution is 0.102. The zero-order valence-corrected chi connectivity index (χ0v) is 11.0. The summed E-state index contributed by atoms with van der Waals surface area (Å²) in [5.41, 5.74) is 0.400. The van der Waals surface area contributed by atoms with E-state index in [1.807, 2.05) is 12.1 Å². The zero-order valence-electron chi connectivity index (χ0n) is 9.40. The molecular weight excluding hydrogens is 271 g/mol. The summed E-state index contributed by atoms with van der Waals surface area (Å²) in [6, 6.07) is 13.0. The highest BCUT2D eigenvalue weighted by molar-refractivity contribution is 8.00. The number of hydrogen-bond donors (Lipinski definition) is 0. The van der Waals surface area contributed by atoms with Gasteiger partial charge in [-0.2, -0.15) is 0 Å². The monoisotopic (exact) mass is 280 g/mol. The molecule has 0 radical (unpaired) electrons. The maximum absolute atomic E-state index is 13.0. The number of ketones is 1. The largest absolute Gasteiger partial charge is 0.293 e. The average Bonchev–Trinajstić information content (AvgIpc) is 2.38. The van der Waals surface area contributed by atoms with Gasteiger partial charge in [0.1, 0.15) is 5.82 Å². The number of carbonyl (C=O) groups is 1. The highest BCUT2D eigenvalue weighted by Gasteiger charge is 2.07. The van der Waals surface area contributed by atoms with Crippen LogP contribution in [0.15, 0.2) is 53.4 Å². The molecule has 0 unspecified atom stereocenters. The third-order valence-electron chi connectivity index (χ3n) is 2.33. The van der Waals surface area contributed by atoms with Crippen molar-refractivity contribution < 1.29 is 9.18 Å². The van der Waals surface area contributed by atoms with Crippen LogP contribution in [0.1, 0.15) is 10.4 Å². The van der Waals surface area contributed by atoms with Crippen molar-refractivity contribution in [2.45, 2.75) is 4.90 Å². The van der Waals surface area contributed by atoms with Gasteiger partial charge in [-0.25, -0.2) is 4.39 Å². The van der Waals surface area contributed by atoms with Gasteiger partial charge >= 0.3 is 0 Å². The fourth-order valence-electron chi connectivity index (χ4n) is 1.42. The van der Waals surface area contributed by atoms with E-state index < -0.39 is 5.82 Å². The minimum Gasteiger partial charge on any atom is -0.293 e. The average molecular weight is 281 g/mol. The Hall–Kier alpha value is -1.32.